The predicted molar refractivity (Wildman–Crippen MR) is 190 cm³/mol. The Kier molecular flexibility index (Phi) is 12.0. The van der Waals surface area contributed by atoms with Crippen LogP contribution in [0.4, 0.5) is 0 Å². The lowest BCUT2D eigenvalue weighted by Gasteiger charge is -2.31. The van der Waals surface area contributed by atoms with Gasteiger partial charge in [-0.1, -0.05) is 62.2 Å². The Morgan fingerprint density at radius 2 is 1.60 bits per heavy atom. The van der Waals surface area contributed by atoms with E-state index < -0.39 is 17.6 Å². The summed E-state index contributed by atoms with van der Waals surface area (Å²) in [5, 5.41) is 9.09. The molecule has 4 aromatic carbocycles. The number of aliphatic hydroxyl groups is 1. The number of methoxy groups -OCH3 is 3. The van der Waals surface area contributed by atoms with Gasteiger partial charge in [-0.2, -0.15) is 0 Å². The van der Waals surface area contributed by atoms with Gasteiger partial charge in [-0.25, -0.2) is 10.4 Å². The number of rotatable bonds is 15. The Balaban J connectivity index is 1.53. The van der Waals surface area contributed by atoms with E-state index in [1.165, 1.54) is 0 Å². The molecule has 4 aromatic rings. The van der Waals surface area contributed by atoms with Crippen LogP contribution in [0.15, 0.2) is 98.9 Å². The van der Waals surface area contributed by atoms with E-state index in [9.17, 15) is 4.79 Å². The van der Waals surface area contributed by atoms with E-state index in [0.717, 1.165) is 20.1 Å². The van der Waals surface area contributed by atoms with Crippen LogP contribution in [-0.4, -0.2) is 57.0 Å². The van der Waals surface area contributed by atoms with Crippen molar-refractivity contribution in [3.63, 3.8) is 0 Å². The third-order valence-electron chi connectivity index (χ3n) is 7.90. The summed E-state index contributed by atoms with van der Waals surface area (Å²) in [5.74, 6) is 2.24. The minimum Gasteiger partial charge on any atom is -0.496 e. The highest BCUT2D eigenvalue weighted by atomic mass is 79.9. The molecule has 0 saturated heterocycles. The zero-order valence-corrected chi connectivity index (χ0v) is 30.0. The van der Waals surface area contributed by atoms with Gasteiger partial charge in [0.1, 0.15) is 23.0 Å². The summed E-state index contributed by atoms with van der Waals surface area (Å²) in [5.41, 5.74) is 7.62. The number of amides is 1. The number of nitrogens with one attached hydrogen (secondary N) is 2. The molecule has 10 nitrogen and oxygen atoms in total. The van der Waals surface area contributed by atoms with Crippen molar-refractivity contribution < 1.29 is 33.6 Å². The molecule has 0 bridgehead atoms. The number of nitrogens with zero attached hydrogens (tertiary/aromatic N) is 1. The summed E-state index contributed by atoms with van der Waals surface area (Å²) < 4.78 is 30.7. The summed E-state index contributed by atoms with van der Waals surface area (Å²) in [6.07, 6.45) is -0.0189. The molecule has 0 aromatic heterocycles. The molecule has 0 saturated carbocycles. The molecule has 252 valence electrons. The van der Waals surface area contributed by atoms with Gasteiger partial charge in [-0.15, -0.1) is 0 Å². The van der Waals surface area contributed by atoms with Crippen LogP contribution in [0, 0.1) is 0 Å². The molecular weight excluding hydrogens is 746 g/mol. The Morgan fingerprint density at radius 1 is 0.917 bits per heavy atom. The van der Waals surface area contributed by atoms with Crippen LogP contribution >= 0.6 is 31.9 Å². The Morgan fingerprint density at radius 3 is 2.23 bits per heavy atom. The van der Waals surface area contributed by atoms with Crippen molar-refractivity contribution in [1.29, 1.82) is 0 Å². The van der Waals surface area contributed by atoms with Gasteiger partial charge in [0.15, 0.2) is 11.6 Å². The van der Waals surface area contributed by atoms with Crippen LogP contribution in [-0.2, 0) is 22.5 Å². The van der Waals surface area contributed by atoms with Gasteiger partial charge in [0.25, 0.3) is 5.91 Å². The van der Waals surface area contributed by atoms with Gasteiger partial charge in [-0.05, 0) is 53.6 Å². The Labute approximate surface area is 296 Å². The minimum atomic E-state index is -1.43. The highest BCUT2D eigenvalue weighted by Gasteiger charge is 2.53. The topological polar surface area (TPSA) is 120 Å². The molecule has 0 aliphatic carbocycles. The second-order valence-electron chi connectivity index (χ2n) is 10.9. The highest BCUT2D eigenvalue weighted by molar-refractivity contribution is 9.10. The van der Waals surface area contributed by atoms with Crippen molar-refractivity contribution in [3.8, 4) is 23.0 Å². The van der Waals surface area contributed by atoms with Gasteiger partial charge < -0.3 is 28.8 Å². The van der Waals surface area contributed by atoms with E-state index in [-0.39, 0.29) is 19.6 Å². The lowest BCUT2D eigenvalue weighted by molar-refractivity contribution is -0.130. The highest BCUT2D eigenvalue weighted by Crippen LogP contribution is 2.43. The summed E-state index contributed by atoms with van der Waals surface area (Å²) in [4.78, 5) is 19.7. The van der Waals surface area contributed by atoms with Crippen LogP contribution in [0.5, 0.6) is 23.0 Å². The number of ether oxygens (including phenoxy) is 5. The number of halogens is 2. The van der Waals surface area contributed by atoms with Gasteiger partial charge in [0.2, 0.25) is 5.90 Å². The number of aliphatic imine (C=N–C) groups is 1. The third kappa shape index (κ3) is 7.95. The molecule has 5 rings (SSSR count). The van der Waals surface area contributed by atoms with E-state index in [1.54, 1.807) is 33.5 Å². The molecule has 12 heteroatoms. The zero-order chi connectivity index (χ0) is 34.1. The number of aliphatic hydroxyl groups excluding tert-OH is 1. The lowest BCUT2D eigenvalue weighted by Crippen LogP contribution is -2.53. The maximum atomic E-state index is 14.6. The number of hydrogen-bond acceptors (Lipinski definition) is 9. The van der Waals surface area contributed by atoms with E-state index >= 15 is 0 Å². The maximum Gasteiger partial charge on any atom is 0.266 e. The fourth-order valence-corrected chi connectivity index (χ4v) is 6.11. The fourth-order valence-electron chi connectivity index (χ4n) is 5.43. The smallest absolute Gasteiger partial charge is 0.266 e. The zero-order valence-electron chi connectivity index (χ0n) is 26.8. The first-order valence-electron chi connectivity index (χ1n) is 15.2. The number of carbonyl (C=O) groups excluding carboxylic acids is 1. The summed E-state index contributed by atoms with van der Waals surface area (Å²) in [6, 6.07) is 26.3. The molecule has 1 amide bonds. The summed E-state index contributed by atoms with van der Waals surface area (Å²) >= 11 is 7.20. The molecule has 1 aliphatic heterocycles. The van der Waals surface area contributed by atoms with Crippen LogP contribution < -0.4 is 29.8 Å². The van der Waals surface area contributed by atoms with Crippen LogP contribution in [0.2, 0.25) is 0 Å². The monoisotopic (exact) mass is 781 g/mol. The van der Waals surface area contributed by atoms with Crippen molar-refractivity contribution in [1.82, 2.24) is 10.9 Å². The number of hydrazine groups is 1. The van der Waals surface area contributed by atoms with Gasteiger partial charge in [-0.3, -0.25) is 10.2 Å². The molecule has 0 unspecified atom stereocenters. The lowest BCUT2D eigenvalue weighted by atomic mass is 9.82. The van der Waals surface area contributed by atoms with Crippen molar-refractivity contribution in [3.05, 3.63) is 116 Å². The average molecular weight is 784 g/mol. The van der Waals surface area contributed by atoms with Gasteiger partial charge >= 0.3 is 0 Å². The van der Waals surface area contributed by atoms with Crippen LogP contribution in [0.3, 0.4) is 0 Å². The predicted octanol–water partition coefficient (Wildman–Crippen LogP) is 6.32. The first-order chi connectivity index (χ1) is 23.3. The molecule has 3 N–H and O–H groups in total. The maximum absolute atomic E-state index is 14.6. The van der Waals surface area contributed by atoms with Crippen LogP contribution in [0.25, 0.3) is 0 Å². The largest absolute Gasteiger partial charge is 0.496 e. The van der Waals surface area contributed by atoms with Gasteiger partial charge in [0.05, 0.1) is 33.5 Å². The third-order valence-corrected chi connectivity index (χ3v) is 9.21. The molecule has 0 fully saturated rings. The molecule has 48 heavy (non-hydrogen) atoms. The Hall–Kier alpha value is -4.10. The Bertz CT molecular complexity index is 1710. The molecule has 0 spiro atoms. The van der Waals surface area contributed by atoms with E-state index in [1.807, 2.05) is 72.8 Å². The van der Waals surface area contributed by atoms with Crippen molar-refractivity contribution in [2.24, 2.45) is 4.99 Å². The second-order valence-corrected chi connectivity index (χ2v) is 12.7. The fraction of sp³-hybridized carbons (Fsp3) is 0.278. The normalized spacial score (nSPS) is 16.9. The van der Waals surface area contributed by atoms with E-state index in [0.29, 0.717) is 53.1 Å². The number of benzene rings is 4. The van der Waals surface area contributed by atoms with Crippen molar-refractivity contribution >= 4 is 43.7 Å². The average Bonchev–Trinajstić information content (AvgIpc) is 3.50. The molecule has 1 aliphatic rings. The number of carbonyl (C=O) groups is 1. The van der Waals surface area contributed by atoms with Gasteiger partial charge in [0, 0.05) is 52.6 Å². The molecule has 2 atom stereocenters. The second kappa shape index (κ2) is 16.3. The molecular formula is C36H37Br2N3O7. The SMILES string of the molecule is COc1cc(OC)c(CNNC(=O)[C@@]2(Cc3ccccc3Br)N=C(c3ccc(OCCCO)cc3)O[C@H]2c2ccc(Br)cc2)c(OC)c1. The van der Waals surface area contributed by atoms with E-state index in [4.69, 9.17) is 33.8 Å². The molecule has 1 heterocycles. The molecule has 0 radical (unpaired) electrons. The van der Waals surface area contributed by atoms with E-state index in [2.05, 4.69) is 42.7 Å². The first-order valence-corrected chi connectivity index (χ1v) is 16.8. The summed E-state index contributed by atoms with van der Waals surface area (Å²) in [6.45, 7) is 0.638. The standard InChI is InChI=1S/C36H37Br2N3O7/c1-44-28-19-31(45-2)29(32(20-28)46-3)22-39-41-35(43)36(21-25-7-4-5-8-30(25)38)33(23-9-13-26(37)14-10-23)48-34(40-36)24-11-15-27(16-12-24)47-18-6-17-42/h4-5,7-16,19-20,33,39,42H,6,17-18,21-22H2,1-3H3,(H,41,43)/t33-,36-/m0/s1. The van der Waals surface area contributed by atoms with Crippen LogP contribution in [0.1, 0.15) is 34.8 Å². The minimum absolute atomic E-state index is 0.0535. The summed E-state index contributed by atoms with van der Waals surface area (Å²) in [7, 11) is 4.69. The quantitative estimate of drug-likeness (QED) is 0.0948. The van der Waals surface area contributed by atoms with Crippen molar-refractivity contribution in [2.75, 3.05) is 34.5 Å². The van der Waals surface area contributed by atoms with Crippen molar-refractivity contribution in [2.45, 2.75) is 31.0 Å². The number of hydrogen-bond donors (Lipinski definition) is 3. The first kappa shape index (κ1) is 35.2.